The largest absolute Gasteiger partial charge is 0.485 e. The average Bonchev–Trinajstić information content (AvgIpc) is 3.22. The van der Waals surface area contributed by atoms with Gasteiger partial charge in [-0.2, -0.15) is 18.3 Å². The molecule has 0 bridgehead atoms. The first-order valence-corrected chi connectivity index (χ1v) is 9.34. The first-order valence-electron chi connectivity index (χ1n) is 9.34. The number of nitrogens with zero attached hydrogens (tertiary/aromatic N) is 2. The van der Waals surface area contributed by atoms with Crippen LogP contribution in [-0.4, -0.2) is 38.4 Å². The van der Waals surface area contributed by atoms with E-state index >= 15 is 0 Å². The molecule has 1 aliphatic rings. The maximum Gasteiger partial charge on any atom is 0.425 e. The van der Waals surface area contributed by atoms with Crippen LogP contribution in [0.15, 0.2) is 48.8 Å². The molecule has 0 radical (unpaired) electrons. The molecule has 3 aromatic rings. The zero-order valence-electron chi connectivity index (χ0n) is 16.7. The van der Waals surface area contributed by atoms with Gasteiger partial charge in [0.1, 0.15) is 11.4 Å². The molecule has 4 rings (SSSR count). The summed E-state index contributed by atoms with van der Waals surface area (Å²) in [6.45, 7) is 2.90. The second kappa shape index (κ2) is 6.58. The number of fused-ring (bicyclic) bond motifs is 3. The Morgan fingerprint density at radius 1 is 1.10 bits per heavy atom. The van der Waals surface area contributed by atoms with Crippen LogP contribution in [0.1, 0.15) is 25.0 Å². The van der Waals surface area contributed by atoms with Crippen molar-refractivity contribution >= 4 is 0 Å². The minimum atomic E-state index is -4.95. The van der Waals surface area contributed by atoms with Crippen molar-refractivity contribution in [2.45, 2.75) is 31.2 Å². The van der Waals surface area contributed by atoms with Crippen molar-refractivity contribution in [1.29, 1.82) is 0 Å². The van der Waals surface area contributed by atoms with Gasteiger partial charge in [0.05, 0.1) is 12.8 Å². The van der Waals surface area contributed by atoms with E-state index in [0.29, 0.717) is 16.7 Å². The second-order valence-electron chi connectivity index (χ2n) is 8.07. The van der Waals surface area contributed by atoms with Crippen LogP contribution in [0.25, 0.3) is 22.3 Å². The molecule has 0 spiro atoms. The highest BCUT2D eigenvalue weighted by Gasteiger charge is 2.61. The molecule has 2 aromatic carbocycles. The van der Waals surface area contributed by atoms with Crippen molar-refractivity contribution in [3.05, 3.63) is 59.9 Å². The van der Waals surface area contributed by atoms with Crippen LogP contribution in [0.2, 0.25) is 0 Å². The SMILES string of the molecule is Cn1cc(-c2cc(OC(C)(C)CO)cc3c2-c2ccccc2C3(O)C(F)(F)F)cn1. The Kier molecular flexibility index (Phi) is 4.48. The number of halogens is 3. The standard InChI is InChI=1S/C22H21F3N2O3/c1-20(2,12-28)30-14-8-16(13-10-26-27(3)11-13)19-15-6-4-5-7-17(15)21(29,18(19)9-14)22(23,24)25/h4-11,28-29H,12H2,1-3H3. The Labute approximate surface area is 171 Å². The van der Waals surface area contributed by atoms with E-state index in [1.54, 1.807) is 56.2 Å². The third kappa shape index (κ3) is 2.98. The van der Waals surface area contributed by atoms with Gasteiger partial charge in [0.25, 0.3) is 0 Å². The van der Waals surface area contributed by atoms with Crippen molar-refractivity contribution < 1.29 is 28.1 Å². The van der Waals surface area contributed by atoms with Gasteiger partial charge in [-0.25, -0.2) is 0 Å². The highest BCUT2D eigenvalue weighted by molar-refractivity contribution is 5.93. The van der Waals surface area contributed by atoms with E-state index in [9.17, 15) is 23.4 Å². The minimum Gasteiger partial charge on any atom is -0.485 e. The van der Waals surface area contributed by atoms with Gasteiger partial charge in [-0.1, -0.05) is 24.3 Å². The molecule has 8 heteroatoms. The Morgan fingerprint density at radius 2 is 1.80 bits per heavy atom. The Hall–Kier alpha value is -2.84. The van der Waals surface area contributed by atoms with Gasteiger partial charge in [-0.15, -0.1) is 0 Å². The number of alkyl halides is 3. The van der Waals surface area contributed by atoms with Crippen LogP contribution >= 0.6 is 0 Å². The van der Waals surface area contributed by atoms with E-state index in [1.165, 1.54) is 18.2 Å². The van der Waals surface area contributed by atoms with Gasteiger partial charge >= 0.3 is 6.18 Å². The number of aliphatic hydroxyl groups is 2. The van der Waals surface area contributed by atoms with Gasteiger partial charge in [0.2, 0.25) is 5.60 Å². The fourth-order valence-electron chi connectivity index (χ4n) is 3.86. The summed E-state index contributed by atoms with van der Waals surface area (Å²) < 4.78 is 50.0. The number of aryl methyl sites for hydroxylation is 1. The van der Waals surface area contributed by atoms with Crippen LogP contribution in [0.5, 0.6) is 5.75 Å². The van der Waals surface area contributed by atoms with Crippen LogP contribution in [-0.2, 0) is 12.6 Å². The summed E-state index contributed by atoms with van der Waals surface area (Å²) in [7, 11) is 1.71. The highest BCUT2D eigenvalue weighted by atomic mass is 19.4. The first-order chi connectivity index (χ1) is 14.0. The van der Waals surface area contributed by atoms with E-state index in [4.69, 9.17) is 4.74 Å². The smallest absolute Gasteiger partial charge is 0.425 e. The molecule has 158 valence electrons. The Morgan fingerprint density at radius 3 is 2.40 bits per heavy atom. The highest BCUT2D eigenvalue weighted by Crippen LogP contribution is 2.58. The third-order valence-corrected chi connectivity index (χ3v) is 5.29. The lowest BCUT2D eigenvalue weighted by Gasteiger charge is -2.30. The molecule has 2 N–H and O–H groups in total. The molecule has 0 saturated carbocycles. The van der Waals surface area contributed by atoms with Crippen LogP contribution in [0.3, 0.4) is 0 Å². The summed E-state index contributed by atoms with van der Waals surface area (Å²) in [6.07, 6.45) is -1.72. The molecule has 5 nitrogen and oxygen atoms in total. The first kappa shape index (κ1) is 20.4. The predicted octanol–water partition coefficient (Wildman–Crippen LogP) is 4.02. The number of hydrogen-bond donors (Lipinski definition) is 2. The number of aliphatic hydroxyl groups excluding tert-OH is 1. The van der Waals surface area contributed by atoms with Crippen LogP contribution < -0.4 is 4.74 Å². The normalized spacial score (nSPS) is 18.3. The maximum absolute atomic E-state index is 14.2. The zero-order valence-corrected chi connectivity index (χ0v) is 16.7. The van der Waals surface area contributed by atoms with Gasteiger partial charge < -0.3 is 14.9 Å². The molecule has 0 aliphatic heterocycles. The fraction of sp³-hybridized carbons (Fsp3) is 0.318. The molecular formula is C22H21F3N2O3. The van der Waals surface area contributed by atoms with Crippen LogP contribution in [0.4, 0.5) is 13.2 Å². The molecule has 30 heavy (non-hydrogen) atoms. The van der Waals surface area contributed by atoms with Crippen molar-refractivity contribution in [3.63, 3.8) is 0 Å². The lowest BCUT2D eigenvalue weighted by molar-refractivity contribution is -0.246. The molecule has 0 fully saturated rings. The molecule has 1 aliphatic carbocycles. The number of hydrogen-bond acceptors (Lipinski definition) is 4. The van der Waals surface area contributed by atoms with Gasteiger partial charge in [0.15, 0.2) is 0 Å². The fourth-order valence-corrected chi connectivity index (χ4v) is 3.86. The average molecular weight is 418 g/mol. The lowest BCUT2D eigenvalue weighted by atomic mass is 9.89. The van der Waals surface area contributed by atoms with Gasteiger partial charge in [-0.3, -0.25) is 4.68 Å². The van der Waals surface area contributed by atoms with Crippen molar-refractivity contribution in [2.24, 2.45) is 7.05 Å². The lowest BCUT2D eigenvalue weighted by Crippen LogP contribution is -2.41. The topological polar surface area (TPSA) is 67.5 Å². The summed E-state index contributed by atoms with van der Waals surface area (Å²) in [6, 6.07) is 8.78. The minimum absolute atomic E-state index is 0.113. The number of ether oxygens (including phenoxy) is 1. The maximum atomic E-state index is 14.2. The quantitative estimate of drug-likeness (QED) is 0.672. The number of aromatic nitrogens is 2. The number of benzene rings is 2. The molecule has 1 atom stereocenters. The molecule has 0 saturated heterocycles. The summed E-state index contributed by atoms with van der Waals surface area (Å²) >= 11 is 0. The molecule has 1 unspecified atom stereocenters. The van der Waals surface area contributed by atoms with Crippen LogP contribution in [0, 0.1) is 0 Å². The monoisotopic (exact) mass is 418 g/mol. The Balaban J connectivity index is 2.07. The summed E-state index contributed by atoms with van der Waals surface area (Å²) in [5, 5.41) is 24.7. The molecule has 1 heterocycles. The molecule has 1 aromatic heterocycles. The van der Waals surface area contributed by atoms with Gasteiger partial charge in [0, 0.05) is 29.9 Å². The molecule has 0 amide bonds. The Bertz CT molecular complexity index is 1120. The van der Waals surface area contributed by atoms with E-state index in [1.807, 2.05) is 0 Å². The van der Waals surface area contributed by atoms with E-state index in [0.717, 1.165) is 0 Å². The van der Waals surface area contributed by atoms with Crippen molar-refractivity contribution in [1.82, 2.24) is 9.78 Å². The van der Waals surface area contributed by atoms with Gasteiger partial charge in [-0.05, 0) is 42.7 Å². The third-order valence-electron chi connectivity index (χ3n) is 5.29. The molecular weight excluding hydrogens is 397 g/mol. The van der Waals surface area contributed by atoms with E-state index in [-0.39, 0.29) is 29.0 Å². The second-order valence-corrected chi connectivity index (χ2v) is 8.07. The zero-order chi connectivity index (χ0) is 21.9. The summed E-state index contributed by atoms with van der Waals surface area (Å²) in [5.74, 6) is 0.113. The van der Waals surface area contributed by atoms with E-state index < -0.39 is 17.4 Å². The van der Waals surface area contributed by atoms with Crippen molar-refractivity contribution in [2.75, 3.05) is 6.61 Å². The van der Waals surface area contributed by atoms with E-state index in [2.05, 4.69) is 5.10 Å². The van der Waals surface area contributed by atoms with Crippen molar-refractivity contribution in [3.8, 4) is 28.0 Å². The number of rotatable bonds is 4. The summed E-state index contributed by atoms with van der Waals surface area (Å²) in [5.41, 5.74) is -3.11. The summed E-state index contributed by atoms with van der Waals surface area (Å²) in [4.78, 5) is 0. The predicted molar refractivity (Wildman–Crippen MR) is 105 cm³/mol.